The molecular weight excluding hydrogens is 513 g/mol. The van der Waals surface area contributed by atoms with Crippen molar-refractivity contribution in [3.63, 3.8) is 0 Å². The molecule has 0 aliphatic carbocycles. The molecule has 5 rings (SSSR count). The molecule has 1 fully saturated rings. The summed E-state index contributed by atoms with van der Waals surface area (Å²) in [5.74, 6) is -3.27. The lowest BCUT2D eigenvalue weighted by molar-refractivity contribution is -0.0541. The lowest BCUT2D eigenvalue weighted by Crippen LogP contribution is -2.55. The molecule has 0 bridgehead atoms. The number of rotatable bonds is 7. The number of anilines is 1. The number of benzene rings is 1. The Balaban J connectivity index is 1.48. The summed E-state index contributed by atoms with van der Waals surface area (Å²) in [5.41, 5.74) is 3.24. The number of nitrogens with one attached hydrogen (secondary N) is 1. The fourth-order valence-electron chi connectivity index (χ4n) is 4.46. The Labute approximate surface area is 210 Å². The van der Waals surface area contributed by atoms with Gasteiger partial charge in [0.1, 0.15) is 17.2 Å². The van der Waals surface area contributed by atoms with E-state index in [1.807, 2.05) is 12.1 Å². The number of hydrogen-bond acceptors (Lipinski definition) is 8. The van der Waals surface area contributed by atoms with Gasteiger partial charge in [-0.05, 0) is 37.1 Å². The number of piperidine rings is 1. The molecular formula is C22H25F3N8O3S. The largest absolute Gasteiger partial charge is 0.479 e. The first kappa shape index (κ1) is 25.2. The number of aromatic nitrogens is 6. The van der Waals surface area contributed by atoms with E-state index < -0.39 is 34.7 Å². The van der Waals surface area contributed by atoms with Crippen LogP contribution in [-0.2, 0) is 16.6 Å². The molecule has 0 amide bonds. The third kappa shape index (κ3) is 4.80. The van der Waals surface area contributed by atoms with Crippen molar-refractivity contribution in [1.82, 2.24) is 33.9 Å². The quantitative estimate of drug-likeness (QED) is 0.381. The molecule has 0 saturated carbocycles. The van der Waals surface area contributed by atoms with Crippen LogP contribution in [0.25, 0.3) is 27.7 Å². The van der Waals surface area contributed by atoms with Gasteiger partial charge in [0.05, 0.1) is 38.0 Å². The molecule has 1 aromatic carbocycles. The Hall–Kier alpha value is -3.46. The first-order valence-corrected chi connectivity index (χ1v) is 13.3. The summed E-state index contributed by atoms with van der Waals surface area (Å²) in [6.45, 7) is 0.531. The highest BCUT2D eigenvalue weighted by atomic mass is 32.2. The summed E-state index contributed by atoms with van der Waals surface area (Å²) in [6, 6.07) is 5.85. The number of nitrogens with zero attached hydrogens (tertiary/aromatic N) is 7. The van der Waals surface area contributed by atoms with Crippen molar-refractivity contribution in [3.8, 4) is 17.0 Å². The third-order valence-electron chi connectivity index (χ3n) is 6.26. The number of halogens is 3. The number of fused-ring (bicyclic) bond motifs is 2. The van der Waals surface area contributed by atoms with Crippen molar-refractivity contribution in [2.24, 2.45) is 0 Å². The van der Waals surface area contributed by atoms with E-state index in [0.29, 0.717) is 22.1 Å². The van der Waals surface area contributed by atoms with Crippen molar-refractivity contribution in [1.29, 1.82) is 0 Å². The summed E-state index contributed by atoms with van der Waals surface area (Å²) in [7, 11) is -2.32. The first-order chi connectivity index (χ1) is 17.5. The van der Waals surface area contributed by atoms with Gasteiger partial charge < -0.3 is 10.1 Å². The average Bonchev–Trinajstić information content (AvgIpc) is 3.42. The number of sulfonamides is 1. The fourth-order valence-corrected chi connectivity index (χ4v) is 5.30. The minimum atomic E-state index is -3.73. The molecule has 0 spiro atoms. The lowest BCUT2D eigenvalue weighted by atomic mass is 10.0. The fraction of sp³-hybridized carbons (Fsp3) is 0.455. The summed E-state index contributed by atoms with van der Waals surface area (Å²) >= 11 is 0. The van der Waals surface area contributed by atoms with E-state index in [9.17, 15) is 21.6 Å². The van der Waals surface area contributed by atoms with E-state index in [1.165, 1.54) is 23.2 Å². The van der Waals surface area contributed by atoms with Gasteiger partial charge in [-0.2, -0.15) is 9.29 Å². The highest BCUT2D eigenvalue weighted by Crippen LogP contribution is 2.34. The number of hydrogen-bond donors (Lipinski definition) is 1. The summed E-state index contributed by atoms with van der Waals surface area (Å²) in [6.07, 6.45) is 1.33. The Morgan fingerprint density at radius 2 is 2.08 bits per heavy atom. The Kier molecular flexibility index (Phi) is 6.22. The van der Waals surface area contributed by atoms with Crippen LogP contribution >= 0.6 is 0 Å². The smallest absolute Gasteiger partial charge is 0.281 e. The number of alkyl halides is 3. The molecule has 11 nitrogen and oxygen atoms in total. The Morgan fingerprint density at radius 3 is 2.76 bits per heavy atom. The Morgan fingerprint density at radius 1 is 1.30 bits per heavy atom. The maximum Gasteiger partial charge on any atom is 0.281 e. The van der Waals surface area contributed by atoms with E-state index in [0.717, 1.165) is 16.1 Å². The molecule has 0 radical (unpaired) electrons. The van der Waals surface area contributed by atoms with Gasteiger partial charge in [0.15, 0.2) is 0 Å². The molecule has 1 aliphatic heterocycles. The minimum absolute atomic E-state index is 0.0474. The van der Waals surface area contributed by atoms with Crippen LogP contribution in [0.2, 0.25) is 0 Å². The van der Waals surface area contributed by atoms with Gasteiger partial charge in [0, 0.05) is 18.3 Å². The van der Waals surface area contributed by atoms with E-state index in [1.54, 1.807) is 18.3 Å². The lowest BCUT2D eigenvalue weighted by Gasteiger charge is -2.37. The van der Waals surface area contributed by atoms with Crippen LogP contribution in [0.4, 0.5) is 19.1 Å². The summed E-state index contributed by atoms with van der Waals surface area (Å²) in [5, 5.41) is 15.1. The molecule has 0 unspecified atom stereocenters. The molecule has 4 heterocycles. The molecule has 1 saturated heterocycles. The molecule has 198 valence electrons. The third-order valence-corrected chi connectivity index (χ3v) is 7.51. The second kappa shape index (κ2) is 9.13. The molecule has 37 heavy (non-hydrogen) atoms. The van der Waals surface area contributed by atoms with Gasteiger partial charge in [-0.25, -0.2) is 30.8 Å². The second-order valence-electron chi connectivity index (χ2n) is 9.07. The number of ether oxygens (including phenoxy) is 1. The van der Waals surface area contributed by atoms with Gasteiger partial charge in [-0.1, -0.05) is 11.3 Å². The highest BCUT2D eigenvalue weighted by Gasteiger charge is 2.47. The van der Waals surface area contributed by atoms with Gasteiger partial charge in [-0.15, -0.1) is 10.2 Å². The van der Waals surface area contributed by atoms with E-state index in [2.05, 4.69) is 25.7 Å². The highest BCUT2D eigenvalue weighted by molar-refractivity contribution is 7.88. The summed E-state index contributed by atoms with van der Waals surface area (Å²) in [4.78, 5) is 4.30. The van der Waals surface area contributed by atoms with Crippen molar-refractivity contribution in [2.45, 2.75) is 38.0 Å². The van der Waals surface area contributed by atoms with Crippen LogP contribution in [0.3, 0.4) is 0 Å². The van der Waals surface area contributed by atoms with Crippen LogP contribution in [0.5, 0.6) is 5.88 Å². The summed E-state index contributed by atoms with van der Waals surface area (Å²) < 4.78 is 75.8. The predicted octanol–water partition coefficient (Wildman–Crippen LogP) is 2.59. The minimum Gasteiger partial charge on any atom is -0.479 e. The van der Waals surface area contributed by atoms with Crippen LogP contribution in [0, 0.1) is 0 Å². The van der Waals surface area contributed by atoms with Crippen LogP contribution in [-0.4, -0.2) is 86.9 Å². The molecule has 3 aromatic heterocycles. The average molecular weight is 539 g/mol. The van der Waals surface area contributed by atoms with Crippen LogP contribution < -0.4 is 10.1 Å². The van der Waals surface area contributed by atoms with E-state index in [-0.39, 0.29) is 31.3 Å². The zero-order valence-corrected chi connectivity index (χ0v) is 21.1. The predicted molar refractivity (Wildman–Crippen MR) is 130 cm³/mol. The molecule has 1 N–H and O–H groups in total. The monoisotopic (exact) mass is 538 g/mol. The Bertz CT molecular complexity index is 1570. The first-order valence-electron chi connectivity index (χ1n) is 11.5. The van der Waals surface area contributed by atoms with Gasteiger partial charge in [0.2, 0.25) is 21.9 Å². The SMILES string of the molecule is COc1nc(N[C@@H]2CCN(S(C)(=O)=O)CC2(F)F)nn2ccc(-c3ccc4nnn(C[C@H](C)F)c4c3)c12. The van der Waals surface area contributed by atoms with Gasteiger partial charge >= 0.3 is 0 Å². The molecule has 15 heteroatoms. The zero-order valence-electron chi connectivity index (χ0n) is 20.3. The number of methoxy groups -OCH3 is 1. The standard InChI is InChI=1S/C22H25F3N8O3S/c1-13(23)11-33-17-10-14(4-5-16(17)28-30-33)15-6-9-32-19(15)20(36-2)27-21(29-32)26-18-7-8-31(37(3,34)35)12-22(18,24)25/h4-6,9-10,13,18H,7-8,11-12H2,1-3H3,(H,26,29)/t13-,18+/m0/s1. The van der Waals surface area contributed by atoms with Crippen LogP contribution in [0.1, 0.15) is 13.3 Å². The molecule has 2 atom stereocenters. The maximum atomic E-state index is 14.8. The van der Waals surface area contributed by atoms with E-state index >= 15 is 0 Å². The van der Waals surface area contributed by atoms with Gasteiger partial charge in [0.25, 0.3) is 5.92 Å². The molecule has 1 aliphatic rings. The van der Waals surface area contributed by atoms with Crippen molar-refractivity contribution >= 4 is 32.5 Å². The van der Waals surface area contributed by atoms with Crippen LogP contribution in [0.15, 0.2) is 30.5 Å². The van der Waals surface area contributed by atoms with E-state index in [4.69, 9.17) is 4.74 Å². The maximum absolute atomic E-state index is 14.8. The van der Waals surface area contributed by atoms with Crippen molar-refractivity contribution in [2.75, 3.05) is 31.8 Å². The van der Waals surface area contributed by atoms with Crippen molar-refractivity contribution in [3.05, 3.63) is 30.5 Å². The van der Waals surface area contributed by atoms with Gasteiger partial charge in [-0.3, -0.25) is 0 Å². The van der Waals surface area contributed by atoms with Crippen molar-refractivity contribution < 1.29 is 26.3 Å². The normalized spacial score (nSPS) is 19.4. The topological polar surface area (TPSA) is 120 Å². The molecule has 4 aromatic rings. The second-order valence-corrected chi connectivity index (χ2v) is 11.0. The zero-order chi connectivity index (χ0) is 26.5.